The molecule has 3 nitrogen and oxygen atoms in total. The minimum atomic E-state index is 0.356. The third-order valence-electron chi connectivity index (χ3n) is 3.92. The normalized spacial score (nSPS) is 21.2. The summed E-state index contributed by atoms with van der Waals surface area (Å²) in [5, 5.41) is 4.84. The van der Waals surface area contributed by atoms with E-state index >= 15 is 0 Å². The summed E-state index contributed by atoms with van der Waals surface area (Å²) in [6, 6.07) is 0.491. The summed E-state index contributed by atoms with van der Waals surface area (Å²) >= 11 is 1.89. The van der Waals surface area contributed by atoms with E-state index in [0.717, 1.165) is 26.1 Å². The lowest BCUT2D eigenvalue weighted by atomic mass is 9.76. The van der Waals surface area contributed by atoms with Crippen LogP contribution >= 0.6 is 11.3 Å². The molecule has 1 N–H and O–H groups in total. The monoisotopic (exact) mass is 281 g/mol. The van der Waals surface area contributed by atoms with Crippen LogP contribution in [0.25, 0.3) is 0 Å². The molecule has 0 aromatic carbocycles. The van der Waals surface area contributed by atoms with Gasteiger partial charge in [0.2, 0.25) is 0 Å². The van der Waals surface area contributed by atoms with Crippen molar-refractivity contribution in [2.24, 2.45) is 5.41 Å². The molecule has 0 aliphatic heterocycles. The Balaban J connectivity index is 2.33. The van der Waals surface area contributed by atoms with Crippen LogP contribution in [-0.4, -0.2) is 24.6 Å². The molecular weight excluding hydrogens is 254 g/mol. The van der Waals surface area contributed by atoms with Gasteiger partial charge in [0.25, 0.3) is 0 Å². The summed E-state index contributed by atoms with van der Waals surface area (Å²) in [6.45, 7) is 14.4. The van der Waals surface area contributed by atoms with Crippen LogP contribution in [-0.2, 0) is 6.42 Å². The third kappa shape index (κ3) is 3.11. The summed E-state index contributed by atoms with van der Waals surface area (Å²) in [5.74, 6) is 0. The van der Waals surface area contributed by atoms with E-state index in [4.69, 9.17) is 4.98 Å². The molecule has 0 spiro atoms. The first-order valence-electron chi connectivity index (χ1n) is 7.48. The fraction of sp³-hybridized carbons (Fsp3) is 0.800. The van der Waals surface area contributed by atoms with Crippen LogP contribution in [0.2, 0.25) is 0 Å². The van der Waals surface area contributed by atoms with Crippen LogP contribution in [0.3, 0.4) is 0 Å². The molecule has 0 amide bonds. The molecule has 1 heterocycles. The van der Waals surface area contributed by atoms with Crippen molar-refractivity contribution in [3.8, 4) is 0 Å². The van der Waals surface area contributed by atoms with E-state index in [2.05, 4.69) is 44.8 Å². The van der Waals surface area contributed by atoms with Crippen LogP contribution in [0.15, 0.2) is 0 Å². The van der Waals surface area contributed by atoms with Crippen molar-refractivity contribution in [1.29, 1.82) is 0 Å². The number of thiazole rings is 1. The highest BCUT2D eigenvalue weighted by Gasteiger charge is 2.35. The summed E-state index contributed by atoms with van der Waals surface area (Å²) in [4.78, 5) is 8.76. The highest BCUT2D eigenvalue weighted by molar-refractivity contribution is 7.15. The van der Waals surface area contributed by atoms with Crippen LogP contribution in [0, 0.1) is 5.41 Å². The zero-order chi connectivity index (χ0) is 14.0. The molecule has 1 aliphatic carbocycles. The third-order valence-corrected chi connectivity index (χ3v) is 5.19. The molecule has 2 rings (SSSR count). The summed E-state index contributed by atoms with van der Waals surface area (Å²) in [7, 11) is 0. The van der Waals surface area contributed by atoms with Gasteiger partial charge in [-0.25, -0.2) is 4.98 Å². The largest absolute Gasteiger partial charge is 0.349 e. The fourth-order valence-corrected chi connectivity index (χ4v) is 4.25. The average molecular weight is 281 g/mol. The van der Waals surface area contributed by atoms with E-state index in [1.54, 1.807) is 0 Å². The van der Waals surface area contributed by atoms with Gasteiger partial charge in [0, 0.05) is 24.0 Å². The number of anilines is 1. The standard InChI is InChI=1S/C15H27N3S/c1-6-16-11-9-15(4,5)10-12-13(11)19-14(17-12)18(7-2)8-3/h11,16H,6-10H2,1-5H3. The summed E-state index contributed by atoms with van der Waals surface area (Å²) in [5.41, 5.74) is 1.68. The second-order valence-corrected chi connectivity index (χ2v) is 7.14. The van der Waals surface area contributed by atoms with Crippen LogP contribution in [0.5, 0.6) is 0 Å². The number of fused-ring (bicyclic) bond motifs is 1. The van der Waals surface area contributed by atoms with Gasteiger partial charge in [-0.2, -0.15) is 0 Å². The maximum atomic E-state index is 4.93. The van der Waals surface area contributed by atoms with Gasteiger partial charge >= 0.3 is 0 Å². The second kappa shape index (κ2) is 5.80. The molecule has 4 heteroatoms. The van der Waals surface area contributed by atoms with E-state index in [9.17, 15) is 0 Å². The zero-order valence-corrected chi connectivity index (χ0v) is 13.7. The Hall–Kier alpha value is -0.610. The SMILES string of the molecule is CCNC1CC(C)(C)Cc2nc(N(CC)CC)sc21. The molecule has 19 heavy (non-hydrogen) atoms. The molecule has 1 aromatic rings. The van der Waals surface area contributed by atoms with Gasteiger partial charge in [-0.05, 0) is 38.6 Å². The van der Waals surface area contributed by atoms with Gasteiger partial charge in [-0.15, -0.1) is 0 Å². The average Bonchev–Trinajstić information content (AvgIpc) is 2.73. The zero-order valence-electron chi connectivity index (χ0n) is 12.9. The van der Waals surface area contributed by atoms with Gasteiger partial charge < -0.3 is 10.2 Å². The molecule has 0 radical (unpaired) electrons. The van der Waals surface area contributed by atoms with E-state index in [1.807, 2.05) is 11.3 Å². The number of aromatic nitrogens is 1. The first kappa shape index (κ1) is 14.8. The quantitative estimate of drug-likeness (QED) is 0.893. The Morgan fingerprint density at radius 1 is 1.32 bits per heavy atom. The number of nitrogens with zero attached hydrogens (tertiary/aromatic N) is 2. The molecule has 108 valence electrons. The maximum absolute atomic E-state index is 4.93. The van der Waals surface area contributed by atoms with Crippen molar-refractivity contribution in [3.63, 3.8) is 0 Å². The lowest BCUT2D eigenvalue weighted by molar-refractivity contribution is 0.260. The number of hydrogen-bond donors (Lipinski definition) is 1. The van der Waals surface area contributed by atoms with E-state index in [0.29, 0.717) is 11.5 Å². The predicted octanol–water partition coefficient (Wildman–Crippen LogP) is 3.61. The van der Waals surface area contributed by atoms with Gasteiger partial charge in [0.05, 0.1) is 5.69 Å². The first-order chi connectivity index (χ1) is 9.00. The summed E-state index contributed by atoms with van der Waals surface area (Å²) in [6.07, 6.45) is 2.33. The molecule has 0 bridgehead atoms. The second-order valence-electron chi connectivity index (χ2n) is 6.14. The van der Waals surface area contributed by atoms with Crippen molar-refractivity contribution in [3.05, 3.63) is 10.6 Å². The first-order valence-corrected chi connectivity index (χ1v) is 8.30. The van der Waals surface area contributed by atoms with Crippen LogP contribution < -0.4 is 10.2 Å². The van der Waals surface area contributed by atoms with E-state index in [1.165, 1.54) is 22.1 Å². The predicted molar refractivity (Wildman–Crippen MR) is 84.2 cm³/mol. The molecule has 1 aromatic heterocycles. The lowest BCUT2D eigenvalue weighted by Gasteiger charge is -2.34. The topological polar surface area (TPSA) is 28.2 Å². The number of nitrogens with one attached hydrogen (secondary N) is 1. The van der Waals surface area contributed by atoms with E-state index in [-0.39, 0.29) is 0 Å². The Bertz CT molecular complexity index is 421. The molecule has 0 saturated carbocycles. The maximum Gasteiger partial charge on any atom is 0.185 e. The minimum absolute atomic E-state index is 0.356. The highest BCUT2D eigenvalue weighted by atomic mass is 32.1. The van der Waals surface area contributed by atoms with Gasteiger partial charge in [-0.1, -0.05) is 32.1 Å². The molecule has 1 atom stereocenters. The van der Waals surface area contributed by atoms with Crippen LogP contribution in [0.4, 0.5) is 5.13 Å². The van der Waals surface area contributed by atoms with Crippen molar-refractivity contribution in [1.82, 2.24) is 10.3 Å². The van der Waals surface area contributed by atoms with E-state index < -0.39 is 0 Å². The number of rotatable bonds is 5. The van der Waals surface area contributed by atoms with Crippen LogP contribution in [0.1, 0.15) is 57.7 Å². The number of hydrogen-bond acceptors (Lipinski definition) is 4. The Morgan fingerprint density at radius 2 is 2.00 bits per heavy atom. The van der Waals surface area contributed by atoms with Crippen molar-refractivity contribution in [2.75, 3.05) is 24.5 Å². The lowest BCUT2D eigenvalue weighted by Crippen LogP contribution is -2.32. The Kier molecular flexibility index (Phi) is 4.51. The fourth-order valence-electron chi connectivity index (χ4n) is 2.96. The Morgan fingerprint density at radius 3 is 2.58 bits per heavy atom. The van der Waals surface area contributed by atoms with Crippen molar-refractivity contribution in [2.45, 2.75) is 53.5 Å². The smallest absolute Gasteiger partial charge is 0.185 e. The Labute approximate surface area is 121 Å². The molecule has 1 unspecified atom stereocenters. The summed E-state index contributed by atoms with van der Waals surface area (Å²) < 4.78 is 0. The highest BCUT2D eigenvalue weighted by Crippen LogP contribution is 2.44. The van der Waals surface area contributed by atoms with Gasteiger partial charge in [-0.3, -0.25) is 0 Å². The molecule has 0 fully saturated rings. The molecule has 0 saturated heterocycles. The molecular formula is C15H27N3S. The van der Waals surface area contributed by atoms with Gasteiger partial charge in [0.15, 0.2) is 5.13 Å². The van der Waals surface area contributed by atoms with Crippen molar-refractivity contribution >= 4 is 16.5 Å². The minimum Gasteiger partial charge on any atom is -0.349 e. The molecule has 1 aliphatic rings. The van der Waals surface area contributed by atoms with Crippen molar-refractivity contribution < 1.29 is 0 Å². The van der Waals surface area contributed by atoms with Gasteiger partial charge in [0.1, 0.15) is 0 Å².